The standard InChI is InChI=1S/C14H21NO4S/c1-18-10-6-7-11(12(9-10)19-2)14(15)13-5-3-4-8-20(13,16)17/h6-7,9,13-14H,3-5,8,15H2,1-2H3. The van der Waals surface area contributed by atoms with Crippen LogP contribution in [-0.2, 0) is 9.84 Å². The van der Waals surface area contributed by atoms with Gasteiger partial charge in [0.05, 0.1) is 31.3 Å². The average molecular weight is 299 g/mol. The molecule has 2 atom stereocenters. The molecule has 5 nitrogen and oxygen atoms in total. The maximum atomic E-state index is 12.2. The molecule has 6 heteroatoms. The fraction of sp³-hybridized carbons (Fsp3) is 0.571. The van der Waals surface area contributed by atoms with Gasteiger partial charge in [0.25, 0.3) is 0 Å². The molecule has 2 N–H and O–H groups in total. The maximum absolute atomic E-state index is 12.2. The van der Waals surface area contributed by atoms with Gasteiger partial charge < -0.3 is 15.2 Å². The number of methoxy groups -OCH3 is 2. The Labute approximate surface area is 120 Å². The van der Waals surface area contributed by atoms with E-state index in [0.29, 0.717) is 23.5 Å². The number of sulfone groups is 1. The van der Waals surface area contributed by atoms with Gasteiger partial charge in [-0.15, -0.1) is 0 Å². The van der Waals surface area contributed by atoms with Crippen LogP contribution in [0.25, 0.3) is 0 Å². The monoisotopic (exact) mass is 299 g/mol. The Morgan fingerprint density at radius 1 is 1.25 bits per heavy atom. The van der Waals surface area contributed by atoms with Gasteiger partial charge in [-0.1, -0.05) is 12.5 Å². The van der Waals surface area contributed by atoms with Crippen molar-refractivity contribution in [3.05, 3.63) is 23.8 Å². The van der Waals surface area contributed by atoms with Gasteiger partial charge in [-0.3, -0.25) is 0 Å². The molecule has 0 radical (unpaired) electrons. The van der Waals surface area contributed by atoms with Crippen molar-refractivity contribution < 1.29 is 17.9 Å². The smallest absolute Gasteiger partial charge is 0.155 e. The predicted molar refractivity (Wildman–Crippen MR) is 77.9 cm³/mol. The molecule has 1 fully saturated rings. The van der Waals surface area contributed by atoms with Crippen molar-refractivity contribution in [2.24, 2.45) is 5.73 Å². The van der Waals surface area contributed by atoms with E-state index in [0.717, 1.165) is 12.8 Å². The zero-order valence-electron chi connectivity index (χ0n) is 11.8. The van der Waals surface area contributed by atoms with Crippen LogP contribution >= 0.6 is 0 Å². The summed E-state index contributed by atoms with van der Waals surface area (Å²) in [6, 6.07) is 4.71. The molecule has 0 bridgehead atoms. The first-order valence-electron chi connectivity index (χ1n) is 6.68. The molecule has 1 aliphatic rings. The topological polar surface area (TPSA) is 78.6 Å². The third kappa shape index (κ3) is 2.91. The molecular formula is C14H21NO4S. The van der Waals surface area contributed by atoms with Crippen molar-refractivity contribution in [2.75, 3.05) is 20.0 Å². The van der Waals surface area contributed by atoms with E-state index >= 15 is 0 Å². The van der Waals surface area contributed by atoms with Crippen molar-refractivity contribution in [1.29, 1.82) is 0 Å². The van der Waals surface area contributed by atoms with Gasteiger partial charge in [0, 0.05) is 11.6 Å². The van der Waals surface area contributed by atoms with Crippen molar-refractivity contribution in [3.8, 4) is 11.5 Å². The summed E-state index contributed by atoms with van der Waals surface area (Å²) in [5.74, 6) is 1.45. The van der Waals surface area contributed by atoms with Crippen molar-refractivity contribution >= 4 is 9.84 Å². The molecule has 112 valence electrons. The Kier molecular flexibility index (Phi) is 4.55. The first-order chi connectivity index (χ1) is 9.49. The lowest BCUT2D eigenvalue weighted by molar-refractivity contribution is 0.386. The average Bonchev–Trinajstić information content (AvgIpc) is 2.45. The van der Waals surface area contributed by atoms with Crippen LogP contribution in [-0.4, -0.2) is 33.6 Å². The van der Waals surface area contributed by atoms with E-state index in [1.807, 2.05) is 0 Å². The lowest BCUT2D eigenvalue weighted by atomic mass is 9.99. The highest BCUT2D eigenvalue weighted by molar-refractivity contribution is 7.92. The van der Waals surface area contributed by atoms with Crippen LogP contribution in [0.5, 0.6) is 11.5 Å². The summed E-state index contributed by atoms with van der Waals surface area (Å²) >= 11 is 0. The van der Waals surface area contributed by atoms with Crippen LogP contribution in [0, 0.1) is 0 Å². The maximum Gasteiger partial charge on any atom is 0.155 e. The molecule has 1 saturated heterocycles. The molecule has 0 saturated carbocycles. The fourth-order valence-corrected chi connectivity index (χ4v) is 4.71. The summed E-state index contributed by atoms with van der Waals surface area (Å²) in [5, 5.41) is -0.529. The Bertz CT molecular complexity index is 571. The molecule has 1 aliphatic heterocycles. The molecule has 20 heavy (non-hydrogen) atoms. The van der Waals surface area contributed by atoms with Gasteiger partial charge in [-0.2, -0.15) is 0 Å². The molecule has 1 aromatic carbocycles. The Morgan fingerprint density at radius 2 is 2.00 bits per heavy atom. The van der Waals surface area contributed by atoms with Crippen LogP contribution < -0.4 is 15.2 Å². The first-order valence-corrected chi connectivity index (χ1v) is 8.40. The molecule has 1 aromatic rings. The van der Waals surface area contributed by atoms with Crippen molar-refractivity contribution in [1.82, 2.24) is 0 Å². The molecule has 0 amide bonds. The number of ether oxygens (including phenoxy) is 2. The van der Waals surface area contributed by atoms with Crippen LogP contribution in [0.15, 0.2) is 18.2 Å². The minimum Gasteiger partial charge on any atom is -0.497 e. The molecule has 1 heterocycles. The lowest BCUT2D eigenvalue weighted by Gasteiger charge is -2.28. The number of nitrogens with two attached hydrogens (primary N) is 1. The zero-order chi connectivity index (χ0) is 14.8. The number of hydrogen-bond acceptors (Lipinski definition) is 5. The minimum absolute atomic E-state index is 0.226. The van der Waals surface area contributed by atoms with Crippen molar-refractivity contribution in [2.45, 2.75) is 30.6 Å². The van der Waals surface area contributed by atoms with E-state index in [1.165, 1.54) is 0 Å². The second kappa shape index (κ2) is 6.01. The quantitative estimate of drug-likeness (QED) is 0.915. The summed E-state index contributed by atoms with van der Waals surface area (Å²) in [7, 11) is -0.0120. The summed E-state index contributed by atoms with van der Waals surface area (Å²) in [6.45, 7) is 0. The van der Waals surface area contributed by atoms with Crippen LogP contribution in [0.1, 0.15) is 30.9 Å². The normalized spacial score (nSPS) is 23.1. The Morgan fingerprint density at radius 3 is 2.60 bits per heavy atom. The van der Waals surface area contributed by atoms with E-state index in [4.69, 9.17) is 15.2 Å². The van der Waals surface area contributed by atoms with Crippen LogP contribution in [0.4, 0.5) is 0 Å². The summed E-state index contributed by atoms with van der Waals surface area (Å²) in [6.07, 6.45) is 2.24. The summed E-state index contributed by atoms with van der Waals surface area (Å²) in [4.78, 5) is 0. The molecule has 0 aliphatic carbocycles. The second-order valence-electron chi connectivity index (χ2n) is 5.03. The molecule has 2 rings (SSSR count). The molecule has 0 aromatic heterocycles. The van der Waals surface area contributed by atoms with Gasteiger partial charge >= 0.3 is 0 Å². The van der Waals surface area contributed by atoms with E-state index in [9.17, 15) is 8.42 Å². The third-order valence-corrected chi connectivity index (χ3v) is 6.14. The molecular weight excluding hydrogens is 278 g/mol. The summed E-state index contributed by atoms with van der Waals surface area (Å²) in [5.41, 5.74) is 6.93. The number of rotatable bonds is 4. The zero-order valence-corrected chi connectivity index (χ0v) is 12.7. The molecule has 2 unspecified atom stereocenters. The first kappa shape index (κ1) is 15.1. The largest absolute Gasteiger partial charge is 0.497 e. The van der Waals surface area contributed by atoms with Gasteiger partial charge in [0.1, 0.15) is 11.5 Å². The Hall–Kier alpha value is -1.27. The highest BCUT2D eigenvalue weighted by atomic mass is 32.2. The number of benzene rings is 1. The minimum atomic E-state index is -3.12. The Balaban J connectivity index is 2.35. The van der Waals surface area contributed by atoms with E-state index in [-0.39, 0.29) is 5.75 Å². The van der Waals surface area contributed by atoms with Crippen molar-refractivity contribution in [3.63, 3.8) is 0 Å². The fourth-order valence-electron chi connectivity index (χ4n) is 2.68. The number of hydrogen-bond donors (Lipinski definition) is 1. The van der Waals surface area contributed by atoms with Crippen LogP contribution in [0.2, 0.25) is 0 Å². The second-order valence-corrected chi connectivity index (χ2v) is 7.37. The van der Waals surface area contributed by atoms with E-state index < -0.39 is 21.1 Å². The molecule has 0 spiro atoms. The highest BCUT2D eigenvalue weighted by Gasteiger charge is 2.35. The van der Waals surface area contributed by atoms with Gasteiger partial charge in [-0.05, 0) is 18.9 Å². The summed E-state index contributed by atoms with van der Waals surface area (Å²) < 4.78 is 34.8. The van der Waals surface area contributed by atoms with E-state index in [1.54, 1.807) is 32.4 Å². The van der Waals surface area contributed by atoms with Gasteiger partial charge in [-0.25, -0.2) is 8.42 Å². The lowest BCUT2D eigenvalue weighted by Crippen LogP contribution is -2.38. The van der Waals surface area contributed by atoms with Crippen LogP contribution in [0.3, 0.4) is 0 Å². The van der Waals surface area contributed by atoms with E-state index in [2.05, 4.69) is 0 Å². The predicted octanol–water partition coefficient (Wildman–Crippen LogP) is 1.67. The SMILES string of the molecule is COc1ccc(C(N)C2CCCCS2(=O)=O)c(OC)c1. The van der Waals surface area contributed by atoms with Gasteiger partial charge in [0.15, 0.2) is 9.84 Å². The highest BCUT2D eigenvalue weighted by Crippen LogP contribution is 2.35. The third-order valence-electron chi connectivity index (χ3n) is 3.83. The van der Waals surface area contributed by atoms with Gasteiger partial charge in [0.2, 0.25) is 0 Å².